The molecule has 0 unspecified atom stereocenters. The van der Waals surface area contributed by atoms with Crippen LogP contribution >= 0.6 is 34.0 Å². The number of primary amides is 1. The fourth-order valence-electron chi connectivity index (χ4n) is 4.95. The first-order valence-electron chi connectivity index (χ1n) is 12.9. The third-order valence-electron chi connectivity index (χ3n) is 7.07. The number of rotatable bonds is 7. The van der Waals surface area contributed by atoms with E-state index in [0.29, 0.717) is 25.0 Å². The summed E-state index contributed by atoms with van der Waals surface area (Å²) in [7, 11) is 0. The highest BCUT2D eigenvalue weighted by Crippen LogP contribution is 2.42. The number of hydrogen-bond donors (Lipinski definition) is 4. The van der Waals surface area contributed by atoms with Gasteiger partial charge in [0.15, 0.2) is 5.43 Å². The van der Waals surface area contributed by atoms with E-state index in [1.807, 2.05) is 16.8 Å². The van der Waals surface area contributed by atoms with Crippen LogP contribution < -0.4 is 32.4 Å². The summed E-state index contributed by atoms with van der Waals surface area (Å²) in [5.74, 6) is 0.130. The van der Waals surface area contributed by atoms with Crippen LogP contribution in [0.5, 0.6) is 0 Å². The molecule has 2 atom stereocenters. The Morgan fingerprint density at radius 3 is 2.72 bits per heavy atom. The molecule has 1 aliphatic carbocycles. The van der Waals surface area contributed by atoms with Gasteiger partial charge in [0.05, 0.1) is 33.3 Å². The highest BCUT2D eigenvalue weighted by molar-refractivity contribution is 7.29. The molecule has 0 radical (unpaired) electrons. The molecule has 1 saturated heterocycles. The first-order valence-corrected chi connectivity index (χ1v) is 15.5. The summed E-state index contributed by atoms with van der Waals surface area (Å²) in [5.41, 5.74) is 13.9. The van der Waals surface area contributed by atoms with Crippen molar-refractivity contribution in [2.45, 2.75) is 37.8 Å². The van der Waals surface area contributed by atoms with Crippen molar-refractivity contribution in [1.29, 1.82) is 0 Å². The fraction of sp³-hybridized carbons (Fsp3) is 0.385. The summed E-state index contributed by atoms with van der Waals surface area (Å²) < 4.78 is 7.22. The molecule has 2 aliphatic rings. The fourth-order valence-corrected chi connectivity index (χ4v) is 8.33. The predicted molar refractivity (Wildman–Crippen MR) is 160 cm³/mol. The molecule has 5 heterocycles. The smallest absolute Gasteiger partial charge is 0.254 e. The van der Waals surface area contributed by atoms with Crippen molar-refractivity contribution >= 4 is 71.8 Å². The average molecular weight is 584 g/mol. The number of aromatic nitrogens is 2. The molecule has 10 nitrogen and oxygen atoms in total. The number of fused-ring (bicyclic) bond motifs is 1. The van der Waals surface area contributed by atoms with Gasteiger partial charge in [-0.25, -0.2) is 4.98 Å². The van der Waals surface area contributed by atoms with E-state index < -0.39 is 5.91 Å². The highest BCUT2D eigenvalue weighted by Gasteiger charge is 2.23. The van der Waals surface area contributed by atoms with Gasteiger partial charge in [0.25, 0.3) is 5.91 Å². The lowest BCUT2D eigenvalue weighted by atomic mass is 9.91. The molecule has 2 fully saturated rings. The first-order chi connectivity index (χ1) is 19.0. The lowest BCUT2D eigenvalue weighted by Crippen LogP contribution is -2.43. The van der Waals surface area contributed by atoms with Crippen LogP contribution in [0.15, 0.2) is 33.9 Å². The second kappa shape index (κ2) is 11.2. The number of anilines is 4. The molecule has 4 aromatic heterocycles. The van der Waals surface area contributed by atoms with Gasteiger partial charge in [0.2, 0.25) is 5.95 Å². The van der Waals surface area contributed by atoms with E-state index in [1.165, 1.54) is 17.5 Å². The number of carbonyl (C=O) groups is 1. The quantitative estimate of drug-likeness (QED) is 0.251. The van der Waals surface area contributed by atoms with Crippen LogP contribution in [0.3, 0.4) is 0 Å². The maximum absolute atomic E-state index is 12.9. The largest absolute Gasteiger partial charge is 0.378 e. The molecule has 13 heteroatoms. The molecule has 39 heavy (non-hydrogen) atoms. The highest BCUT2D eigenvalue weighted by atomic mass is 32.1. The number of ether oxygens (including phenoxy) is 1. The number of amides is 1. The molecule has 0 bridgehead atoms. The Labute approximate surface area is 237 Å². The molecule has 204 valence electrons. The summed E-state index contributed by atoms with van der Waals surface area (Å²) in [5, 5.41) is 11.6. The lowest BCUT2D eigenvalue weighted by molar-refractivity contribution is 0.100. The second-order valence-corrected chi connectivity index (χ2v) is 12.5. The standard InChI is InChI=1S/C26H29N7O3S3/c27-17-3-1-2-4-18(17)31-26-29-11-15(24(28)35)25(32-26)30-14-9-20(37-12-14)16-13-38-23-19(34)10-21(39-22(16)23)33-5-7-36-8-6-33/h9-13,17-18H,1-8,27H2,(H2,28,35)(H2,29,30,31,32)/t17-,18+/m1/s1. The van der Waals surface area contributed by atoms with E-state index >= 15 is 0 Å². The maximum atomic E-state index is 12.9. The Kier molecular flexibility index (Phi) is 7.49. The summed E-state index contributed by atoms with van der Waals surface area (Å²) in [6.07, 6.45) is 5.58. The van der Waals surface area contributed by atoms with Crippen LogP contribution in [0.1, 0.15) is 36.0 Å². The first kappa shape index (κ1) is 26.1. The van der Waals surface area contributed by atoms with Crippen molar-refractivity contribution in [2.75, 3.05) is 41.8 Å². The minimum absolute atomic E-state index is 0.0360. The third kappa shape index (κ3) is 5.50. The van der Waals surface area contributed by atoms with Gasteiger partial charge < -0.3 is 31.7 Å². The van der Waals surface area contributed by atoms with Crippen molar-refractivity contribution in [3.05, 3.63) is 44.9 Å². The number of nitrogens with one attached hydrogen (secondary N) is 2. The van der Waals surface area contributed by atoms with Crippen molar-refractivity contribution < 1.29 is 9.53 Å². The zero-order chi connectivity index (χ0) is 26.9. The molecule has 0 aromatic carbocycles. The SMILES string of the molecule is NC(=O)c1cnc(N[C@H]2CCCC[C@H]2N)nc1Nc1csc(-c2csc3c(=O)cc(N4CCOCC4)sc23)c1. The average Bonchev–Trinajstić information content (AvgIpc) is 3.58. The van der Waals surface area contributed by atoms with Crippen LogP contribution in [0, 0.1) is 0 Å². The molecular weight excluding hydrogens is 555 g/mol. The number of thiophene rings is 2. The molecule has 1 amide bonds. The van der Waals surface area contributed by atoms with Gasteiger partial charge in [-0.2, -0.15) is 4.98 Å². The Bertz CT molecular complexity index is 1560. The van der Waals surface area contributed by atoms with Gasteiger partial charge >= 0.3 is 0 Å². The van der Waals surface area contributed by atoms with Gasteiger partial charge in [-0.3, -0.25) is 9.59 Å². The van der Waals surface area contributed by atoms with Crippen molar-refractivity contribution in [3.63, 3.8) is 0 Å². The van der Waals surface area contributed by atoms with Crippen LogP contribution in [0.25, 0.3) is 19.8 Å². The van der Waals surface area contributed by atoms with E-state index in [0.717, 1.165) is 69.3 Å². The Balaban J connectivity index is 1.28. The van der Waals surface area contributed by atoms with Crippen molar-refractivity contribution in [3.8, 4) is 10.4 Å². The number of nitrogens with two attached hydrogens (primary N) is 2. The molecule has 6 N–H and O–H groups in total. The van der Waals surface area contributed by atoms with Gasteiger partial charge in [0, 0.05) is 58.6 Å². The number of morpholine rings is 1. The van der Waals surface area contributed by atoms with E-state index in [-0.39, 0.29) is 23.1 Å². The second-order valence-electron chi connectivity index (χ2n) is 9.70. The molecule has 1 saturated carbocycles. The van der Waals surface area contributed by atoms with Crippen molar-refractivity contribution in [1.82, 2.24) is 9.97 Å². The maximum Gasteiger partial charge on any atom is 0.254 e. The Morgan fingerprint density at radius 2 is 1.92 bits per heavy atom. The summed E-state index contributed by atoms with van der Waals surface area (Å²) >= 11 is 4.67. The van der Waals surface area contributed by atoms with E-state index in [2.05, 4.69) is 25.5 Å². The normalized spacial score (nSPS) is 19.8. The van der Waals surface area contributed by atoms with Gasteiger partial charge in [-0.1, -0.05) is 12.8 Å². The summed E-state index contributed by atoms with van der Waals surface area (Å²) in [6.45, 7) is 2.88. The molecule has 6 rings (SSSR count). The van der Waals surface area contributed by atoms with Gasteiger partial charge in [-0.05, 0) is 18.9 Å². The molecule has 0 spiro atoms. The monoisotopic (exact) mass is 583 g/mol. The van der Waals surface area contributed by atoms with Crippen molar-refractivity contribution in [2.24, 2.45) is 11.5 Å². The number of carbonyl (C=O) groups excluding carboxylic acids is 1. The van der Waals surface area contributed by atoms with Gasteiger partial charge in [-0.15, -0.1) is 34.0 Å². The Hall–Kier alpha value is -3.10. The van der Waals surface area contributed by atoms with Crippen LogP contribution in [-0.4, -0.2) is 54.3 Å². The number of nitrogens with zero attached hydrogens (tertiary/aromatic N) is 3. The van der Waals surface area contributed by atoms with E-state index in [1.54, 1.807) is 28.7 Å². The van der Waals surface area contributed by atoms with Gasteiger partial charge in [0.1, 0.15) is 11.4 Å². The zero-order valence-corrected chi connectivity index (χ0v) is 23.6. The lowest BCUT2D eigenvalue weighted by Gasteiger charge is -2.29. The van der Waals surface area contributed by atoms with E-state index in [4.69, 9.17) is 16.2 Å². The third-order valence-corrected chi connectivity index (χ3v) is 10.4. The minimum Gasteiger partial charge on any atom is -0.378 e. The van der Waals surface area contributed by atoms with Crippen LogP contribution in [0.2, 0.25) is 0 Å². The topological polar surface area (TPSA) is 148 Å². The van der Waals surface area contributed by atoms with E-state index in [9.17, 15) is 9.59 Å². The number of hydrogen-bond acceptors (Lipinski definition) is 12. The Morgan fingerprint density at radius 1 is 1.10 bits per heavy atom. The molecule has 4 aromatic rings. The van der Waals surface area contributed by atoms with Crippen LogP contribution in [0.4, 0.5) is 22.5 Å². The molecular formula is C26H29N7O3S3. The van der Waals surface area contributed by atoms with Crippen LogP contribution in [-0.2, 0) is 4.74 Å². The summed E-state index contributed by atoms with van der Waals surface area (Å²) in [4.78, 5) is 37.1. The predicted octanol–water partition coefficient (Wildman–Crippen LogP) is 4.20. The molecule has 1 aliphatic heterocycles. The minimum atomic E-state index is -0.613. The summed E-state index contributed by atoms with van der Waals surface area (Å²) in [6, 6.07) is 3.86. The zero-order valence-electron chi connectivity index (χ0n) is 21.1.